The maximum Gasteiger partial charge on any atom is 0.334 e. The standard InChI is InChI=1S/C16H20FNO5/c1-22-13(14(19)20)10-18-15(21)16(6-8-23-9-7-16)11-2-4-12(17)5-3-11/h2-5,13H,6-10H2,1H3,(H,18,21)(H,19,20). The molecule has 2 rings (SSSR count). The van der Waals surface area contributed by atoms with Crippen molar-refractivity contribution in [2.75, 3.05) is 26.9 Å². The summed E-state index contributed by atoms with van der Waals surface area (Å²) in [6.07, 6.45) is -0.200. The average molecular weight is 325 g/mol. The van der Waals surface area contributed by atoms with Crippen molar-refractivity contribution in [3.05, 3.63) is 35.6 Å². The van der Waals surface area contributed by atoms with E-state index in [9.17, 15) is 14.0 Å². The van der Waals surface area contributed by atoms with E-state index in [0.29, 0.717) is 31.6 Å². The smallest absolute Gasteiger partial charge is 0.334 e. The third kappa shape index (κ3) is 3.86. The number of carbonyl (C=O) groups is 2. The summed E-state index contributed by atoms with van der Waals surface area (Å²) in [6, 6.07) is 5.81. The summed E-state index contributed by atoms with van der Waals surface area (Å²) in [5.41, 5.74) is -0.146. The second-order valence-corrected chi connectivity index (χ2v) is 5.47. The maximum atomic E-state index is 13.2. The minimum atomic E-state index is -1.14. The number of hydrogen-bond donors (Lipinski definition) is 2. The minimum Gasteiger partial charge on any atom is -0.479 e. The van der Waals surface area contributed by atoms with Crippen molar-refractivity contribution in [1.82, 2.24) is 5.32 Å². The zero-order valence-electron chi connectivity index (χ0n) is 12.9. The molecule has 0 aromatic heterocycles. The van der Waals surface area contributed by atoms with Crippen molar-refractivity contribution in [2.24, 2.45) is 0 Å². The Morgan fingerprint density at radius 3 is 2.48 bits per heavy atom. The number of carbonyl (C=O) groups excluding carboxylic acids is 1. The maximum absolute atomic E-state index is 13.2. The van der Waals surface area contributed by atoms with Crippen LogP contribution in [0.1, 0.15) is 18.4 Å². The van der Waals surface area contributed by atoms with E-state index in [4.69, 9.17) is 14.6 Å². The fraction of sp³-hybridized carbons (Fsp3) is 0.500. The van der Waals surface area contributed by atoms with Crippen molar-refractivity contribution in [3.8, 4) is 0 Å². The molecule has 1 aliphatic rings. The van der Waals surface area contributed by atoms with E-state index < -0.39 is 17.5 Å². The largest absolute Gasteiger partial charge is 0.479 e. The van der Waals surface area contributed by atoms with Gasteiger partial charge < -0.3 is 19.9 Å². The minimum absolute atomic E-state index is 0.130. The van der Waals surface area contributed by atoms with Crippen LogP contribution in [0.4, 0.5) is 4.39 Å². The van der Waals surface area contributed by atoms with Crippen molar-refractivity contribution < 1.29 is 28.6 Å². The lowest BCUT2D eigenvalue weighted by atomic mass is 9.73. The Bertz CT molecular complexity index is 554. The third-order valence-corrected chi connectivity index (χ3v) is 4.19. The molecule has 1 aliphatic heterocycles. The average Bonchev–Trinajstić information content (AvgIpc) is 2.56. The highest BCUT2D eigenvalue weighted by molar-refractivity contribution is 5.89. The summed E-state index contributed by atoms with van der Waals surface area (Å²) in [6.45, 7) is 0.698. The third-order valence-electron chi connectivity index (χ3n) is 4.19. The van der Waals surface area contributed by atoms with E-state index in [1.807, 2.05) is 0 Å². The quantitative estimate of drug-likeness (QED) is 0.818. The molecule has 1 fully saturated rings. The Morgan fingerprint density at radius 2 is 1.96 bits per heavy atom. The van der Waals surface area contributed by atoms with Crippen molar-refractivity contribution >= 4 is 11.9 Å². The number of nitrogens with one attached hydrogen (secondary N) is 1. The number of carboxylic acid groups (broad SMARTS) is 1. The number of carboxylic acids is 1. The molecule has 1 heterocycles. The lowest BCUT2D eigenvalue weighted by Gasteiger charge is -2.36. The van der Waals surface area contributed by atoms with Crippen LogP contribution in [0.25, 0.3) is 0 Å². The van der Waals surface area contributed by atoms with Crippen LogP contribution in [0.5, 0.6) is 0 Å². The van der Waals surface area contributed by atoms with E-state index in [0.717, 1.165) is 0 Å². The summed E-state index contributed by atoms with van der Waals surface area (Å²) in [5, 5.41) is 11.6. The molecule has 126 valence electrons. The van der Waals surface area contributed by atoms with E-state index in [-0.39, 0.29) is 18.3 Å². The number of aliphatic carboxylic acids is 1. The highest BCUT2D eigenvalue weighted by atomic mass is 19.1. The Morgan fingerprint density at radius 1 is 1.35 bits per heavy atom. The van der Waals surface area contributed by atoms with E-state index in [2.05, 4.69) is 5.32 Å². The van der Waals surface area contributed by atoms with Crippen LogP contribution in [0.2, 0.25) is 0 Å². The monoisotopic (exact) mass is 325 g/mol. The molecule has 0 saturated carbocycles. The van der Waals surface area contributed by atoms with E-state index in [1.54, 1.807) is 12.1 Å². The Labute approximate surface area is 133 Å². The van der Waals surface area contributed by atoms with Crippen LogP contribution in [-0.4, -0.2) is 50.0 Å². The van der Waals surface area contributed by atoms with Crippen LogP contribution in [0.15, 0.2) is 24.3 Å². The number of hydrogen-bond acceptors (Lipinski definition) is 4. The van der Waals surface area contributed by atoms with Gasteiger partial charge >= 0.3 is 5.97 Å². The van der Waals surface area contributed by atoms with Crippen molar-refractivity contribution in [3.63, 3.8) is 0 Å². The molecular weight excluding hydrogens is 305 g/mol. The van der Waals surface area contributed by atoms with Gasteiger partial charge in [0.15, 0.2) is 6.10 Å². The molecule has 0 spiro atoms. The molecule has 23 heavy (non-hydrogen) atoms. The second-order valence-electron chi connectivity index (χ2n) is 5.47. The van der Waals surface area contributed by atoms with E-state index >= 15 is 0 Å². The zero-order chi connectivity index (χ0) is 16.9. The van der Waals surface area contributed by atoms with Crippen LogP contribution in [0.3, 0.4) is 0 Å². The van der Waals surface area contributed by atoms with Gasteiger partial charge in [-0.15, -0.1) is 0 Å². The molecule has 1 aromatic carbocycles. The Balaban J connectivity index is 2.19. The predicted molar refractivity (Wildman–Crippen MR) is 79.6 cm³/mol. The van der Waals surface area contributed by atoms with Crippen molar-refractivity contribution in [1.29, 1.82) is 0 Å². The normalized spacial score (nSPS) is 18.2. The zero-order valence-corrected chi connectivity index (χ0v) is 12.9. The van der Waals surface area contributed by atoms with Gasteiger partial charge in [-0.1, -0.05) is 12.1 Å². The first-order valence-electron chi connectivity index (χ1n) is 7.37. The number of benzene rings is 1. The molecule has 2 N–H and O–H groups in total. The lowest BCUT2D eigenvalue weighted by molar-refractivity contribution is -0.148. The molecule has 0 radical (unpaired) electrons. The molecular formula is C16H20FNO5. The molecule has 0 aliphatic carbocycles. The highest BCUT2D eigenvalue weighted by Crippen LogP contribution is 2.35. The van der Waals surface area contributed by atoms with Gasteiger partial charge in [0.25, 0.3) is 0 Å². The first-order valence-corrected chi connectivity index (χ1v) is 7.37. The van der Waals surface area contributed by atoms with Crippen LogP contribution in [0, 0.1) is 5.82 Å². The van der Waals surface area contributed by atoms with Gasteiger partial charge in [0.05, 0.1) is 12.0 Å². The second kappa shape index (κ2) is 7.52. The SMILES string of the molecule is COC(CNC(=O)C1(c2ccc(F)cc2)CCOCC1)C(=O)O. The van der Waals surface area contributed by atoms with Gasteiger partial charge in [0, 0.05) is 20.3 Å². The lowest BCUT2D eigenvalue weighted by Crippen LogP contribution is -2.50. The molecule has 1 atom stereocenters. The first kappa shape index (κ1) is 17.4. The molecule has 1 unspecified atom stereocenters. The predicted octanol–water partition coefficient (Wildman–Crippen LogP) is 1.09. The number of rotatable bonds is 6. The highest BCUT2D eigenvalue weighted by Gasteiger charge is 2.42. The summed E-state index contributed by atoms with van der Waals surface area (Å²) < 4.78 is 23.3. The van der Waals surface area contributed by atoms with Gasteiger partial charge in [-0.25, -0.2) is 9.18 Å². The van der Waals surface area contributed by atoms with Crippen molar-refractivity contribution in [2.45, 2.75) is 24.4 Å². The van der Waals surface area contributed by atoms with Crippen LogP contribution < -0.4 is 5.32 Å². The molecule has 1 amide bonds. The van der Waals surface area contributed by atoms with Gasteiger partial charge in [0.1, 0.15) is 5.82 Å². The Hall–Kier alpha value is -1.99. The van der Waals surface area contributed by atoms with Crippen LogP contribution in [-0.2, 0) is 24.5 Å². The summed E-state index contributed by atoms with van der Waals surface area (Å²) >= 11 is 0. The molecule has 1 aromatic rings. The van der Waals surface area contributed by atoms with Gasteiger partial charge in [-0.2, -0.15) is 0 Å². The summed E-state index contributed by atoms with van der Waals surface area (Å²) in [7, 11) is 1.27. The number of ether oxygens (including phenoxy) is 2. The Kier molecular flexibility index (Phi) is 5.68. The van der Waals surface area contributed by atoms with Gasteiger partial charge in [-0.3, -0.25) is 4.79 Å². The summed E-state index contributed by atoms with van der Waals surface area (Å²) in [5.74, 6) is -1.81. The first-order chi connectivity index (χ1) is 11.0. The number of halogens is 1. The molecule has 1 saturated heterocycles. The van der Waals surface area contributed by atoms with Gasteiger partial charge in [0.2, 0.25) is 5.91 Å². The topological polar surface area (TPSA) is 84.9 Å². The fourth-order valence-corrected chi connectivity index (χ4v) is 2.76. The number of amides is 1. The summed E-state index contributed by atoms with van der Waals surface area (Å²) in [4.78, 5) is 23.7. The van der Waals surface area contributed by atoms with Crippen LogP contribution >= 0.6 is 0 Å². The fourth-order valence-electron chi connectivity index (χ4n) is 2.76. The number of methoxy groups -OCH3 is 1. The van der Waals surface area contributed by atoms with Gasteiger partial charge in [-0.05, 0) is 30.5 Å². The molecule has 0 bridgehead atoms. The van der Waals surface area contributed by atoms with E-state index in [1.165, 1.54) is 19.2 Å². The molecule has 7 heteroatoms. The molecule has 6 nitrogen and oxygen atoms in total.